The van der Waals surface area contributed by atoms with Gasteiger partial charge in [-0.15, -0.1) is 0 Å². The van der Waals surface area contributed by atoms with Gasteiger partial charge in [-0.05, 0) is 54.3 Å². The van der Waals surface area contributed by atoms with E-state index in [2.05, 4.69) is 28.9 Å². The Morgan fingerprint density at radius 2 is 1.78 bits per heavy atom. The Morgan fingerprint density at radius 3 is 2.41 bits per heavy atom. The van der Waals surface area contributed by atoms with Crippen LogP contribution in [0.2, 0.25) is 0 Å². The zero-order chi connectivity index (χ0) is 30.3. The number of Topliss-reactive ketones (excluding diaryl/α,β-unsaturated/α-hetero) is 1. The highest BCUT2D eigenvalue weighted by Gasteiger charge is 2.32. The van der Waals surface area contributed by atoms with Crippen LogP contribution in [0.25, 0.3) is 0 Å². The van der Waals surface area contributed by atoms with Crippen LogP contribution >= 0.6 is 15.9 Å². The van der Waals surface area contributed by atoms with Crippen LogP contribution in [-0.4, -0.2) is 63.9 Å². The van der Waals surface area contributed by atoms with Crippen LogP contribution in [0.15, 0.2) is 64.7 Å². The highest BCUT2D eigenvalue weighted by atomic mass is 79.9. The van der Waals surface area contributed by atoms with Gasteiger partial charge in [0, 0.05) is 35.8 Å². The van der Waals surface area contributed by atoms with Gasteiger partial charge in [-0.2, -0.15) is 0 Å². The van der Waals surface area contributed by atoms with Crippen LogP contribution in [0, 0.1) is 5.92 Å². The van der Waals surface area contributed by atoms with Crippen LogP contribution in [0.5, 0.6) is 5.75 Å². The summed E-state index contributed by atoms with van der Waals surface area (Å²) in [7, 11) is 3.26. The quantitative estimate of drug-likeness (QED) is 0.0993. The lowest BCUT2D eigenvalue weighted by molar-refractivity contribution is -0.124. The van der Waals surface area contributed by atoms with Gasteiger partial charge in [-0.25, -0.2) is 0 Å². The van der Waals surface area contributed by atoms with Crippen molar-refractivity contribution in [2.24, 2.45) is 5.92 Å². The molecule has 2 aromatic carbocycles. The summed E-state index contributed by atoms with van der Waals surface area (Å²) in [6, 6.07) is 15.5. The largest absolute Gasteiger partial charge is 0.497 e. The molecular weight excluding hydrogens is 588 g/mol. The molecule has 0 bridgehead atoms. The third-order valence-corrected chi connectivity index (χ3v) is 7.80. The summed E-state index contributed by atoms with van der Waals surface area (Å²) in [5.74, 6) is 0.865. The predicted molar refractivity (Wildman–Crippen MR) is 165 cm³/mol. The van der Waals surface area contributed by atoms with Crippen molar-refractivity contribution in [2.45, 2.75) is 71.2 Å². The maximum absolute atomic E-state index is 13.3. The summed E-state index contributed by atoms with van der Waals surface area (Å²) in [5, 5.41) is 11.1. The molecule has 0 heterocycles. The van der Waals surface area contributed by atoms with Crippen LogP contribution in [0.3, 0.4) is 0 Å². The van der Waals surface area contributed by atoms with Gasteiger partial charge in [-0.3, -0.25) is 4.79 Å². The number of ether oxygens (including phenoxy) is 5. The summed E-state index contributed by atoms with van der Waals surface area (Å²) in [6.45, 7) is 10.1. The van der Waals surface area contributed by atoms with Gasteiger partial charge in [0.05, 0.1) is 45.7 Å². The van der Waals surface area contributed by atoms with Gasteiger partial charge in [0.1, 0.15) is 18.3 Å². The Balaban J connectivity index is 2.11. The van der Waals surface area contributed by atoms with Crippen LogP contribution in [0.4, 0.5) is 0 Å². The number of ketones is 1. The number of aliphatic hydroxyl groups is 1. The summed E-state index contributed by atoms with van der Waals surface area (Å²) < 4.78 is 28.6. The Kier molecular flexibility index (Phi) is 15.8. The molecule has 2 rings (SSSR count). The standard InChI is InChI=1S/C33H47BrO7/c1-7-25(21-40-23-39-16-15-37-5)17-24(2)31(41-22-26-11-13-30(38-6)14-12-26)19-29(35)20-32(36)33(3,4)27-9-8-10-28(34)18-27/h8-14,17-18,25,31-32,36H,7,15-16,19-23H2,1-6H3/b24-17-. The number of carbonyl (C=O) groups excluding carboxylic acids is 1. The van der Waals surface area contributed by atoms with E-state index in [0.29, 0.717) is 26.4 Å². The van der Waals surface area contributed by atoms with Crippen molar-refractivity contribution in [1.29, 1.82) is 0 Å². The number of aliphatic hydroxyl groups excluding tert-OH is 1. The fraction of sp³-hybridized carbons (Fsp3) is 0.545. The molecule has 0 saturated heterocycles. The lowest BCUT2D eigenvalue weighted by Crippen LogP contribution is -2.36. The summed E-state index contributed by atoms with van der Waals surface area (Å²) >= 11 is 3.50. The molecule has 0 fully saturated rings. The topological polar surface area (TPSA) is 83.5 Å². The van der Waals surface area contributed by atoms with E-state index < -0.39 is 17.6 Å². The highest BCUT2D eigenvalue weighted by Crippen LogP contribution is 2.31. The molecule has 1 N–H and O–H groups in total. The maximum Gasteiger partial charge on any atom is 0.146 e. The van der Waals surface area contributed by atoms with E-state index in [-0.39, 0.29) is 31.3 Å². The number of hydrogen-bond acceptors (Lipinski definition) is 7. The third-order valence-electron chi connectivity index (χ3n) is 7.31. The maximum atomic E-state index is 13.3. The smallest absolute Gasteiger partial charge is 0.146 e. The fourth-order valence-electron chi connectivity index (χ4n) is 4.34. The van der Waals surface area contributed by atoms with Crippen molar-refractivity contribution in [3.63, 3.8) is 0 Å². The second kappa shape index (κ2) is 18.5. The molecule has 0 amide bonds. The van der Waals surface area contributed by atoms with E-state index in [1.165, 1.54) is 0 Å². The number of hydrogen-bond donors (Lipinski definition) is 1. The van der Waals surface area contributed by atoms with Crippen LogP contribution in [0.1, 0.15) is 58.1 Å². The van der Waals surface area contributed by atoms with E-state index in [0.717, 1.165) is 33.3 Å². The molecule has 2 aromatic rings. The average Bonchev–Trinajstić information content (AvgIpc) is 2.96. The molecule has 0 aliphatic rings. The molecule has 8 heteroatoms. The first kappa shape index (κ1) is 35.1. The second-order valence-corrected chi connectivity index (χ2v) is 11.7. The monoisotopic (exact) mass is 634 g/mol. The van der Waals surface area contributed by atoms with Crippen molar-refractivity contribution in [2.75, 3.05) is 40.8 Å². The summed E-state index contributed by atoms with van der Waals surface area (Å²) in [4.78, 5) is 13.3. The molecule has 0 aliphatic carbocycles. The van der Waals surface area contributed by atoms with Crippen molar-refractivity contribution >= 4 is 21.7 Å². The normalized spacial score (nSPS) is 14.5. The molecule has 0 saturated carbocycles. The number of benzene rings is 2. The Bertz CT molecular complexity index is 1070. The van der Waals surface area contributed by atoms with Crippen LogP contribution < -0.4 is 4.74 Å². The molecule has 3 unspecified atom stereocenters. The van der Waals surface area contributed by atoms with Gasteiger partial charge in [-0.1, -0.05) is 67.0 Å². The molecule has 0 aromatic heterocycles. The first-order chi connectivity index (χ1) is 19.6. The number of carbonyl (C=O) groups is 1. The first-order valence-electron chi connectivity index (χ1n) is 14.1. The van der Waals surface area contributed by atoms with E-state index in [1.807, 2.05) is 69.3 Å². The SMILES string of the molecule is CCC(/C=C(/C)C(CC(=O)CC(O)C(C)(C)c1cccc(Br)c1)OCc1ccc(OC)cc1)COCOCCOC. The lowest BCUT2D eigenvalue weighted by atomic mass is 9.77. The summed E-state index contributed by atoms with van der Waals surface area (Å²) in [5.41, 5.74) is 2.31. The molecule has 0 aliphatic heterocycles. The van der Waals surface area contributed by atoms with Crippen molar-refractivity contribution in [3.05, 3.63) is 75.8 Å². The summed E-state index contributed by atoms with van der Waals surface area (Å²) in [6.07, 6.45) is 1.93. The van der Waals surface area contributed by atoms with Crippen molar-refractivity contribution < 1.29 is 33.6 Å². The fourth-order valence-corrected chi connectivity index (χ4v) is 4.73. The van der Waals surface area contributed by atoms with E-state index in [4.69, 9.17) is 23.7 Å². The van der Waals surface area contributed by atoms with Crippen molar-refractivity contribution in [1.82, 2.24) is 0 Å². The number of rotatable bonds is 20. The molecule has 228 valence electrons. The van der Waals surface area contributed by atoms with Crippen molar-refractivity contribution in [3.8, 4) is 5.75 Å². The predicted octanol–water partition coefficient (Wildman–Crippen LogP) is 6.64. The first-order valence-corrected chi connectivity index (χ1v) is 14.9. The van der Waals surface area contributed by atoms with E-state index >= 15 is 0 Å². The van der Waals surface area contributed by atoms with Gasteiger partial charge in [0.2, 0.25) is 0 Å². The van der Waals surface area contributed by atoms with Gasteiger partial charge >= 0.3 is 0 Å². The lowest BCUT2D eigenvalue weighted by Gasteiger charge is -2.31. The molecular formula is C33H47BrO7. The average molecular weight is 636 g/mol. The molecule has 7 nitrogen and oxygen atoms in total. The van der Waals surface area contributed by atoms with E-state index in [1.54, 1.807) is 14.2 Å². The Morgan fingerprint density at radius 1 is 1.05 bits per heavy atom. The minimum atomic E-state index is -0.842. The van der Waals surface area contributed by atoms with Gasteiger partial charge in [0.15, 0.2) is 0 Å². The third kappa shape index (κ3) is 12.4. The molecule has 3 atom stereocenters. The molecule has 0 spiro atoms. The highest BCUT2D eigenvalue weighted by molar-refractivity contribution is 9.10. The second-order valence-electron chi connectivity index (χ2n) is 10.8. The zero-order valence-corrected chi connectivity index (χ0v) is 26.9. The number of halogens is 1. The van der Waals surface area contributed by atoms with E-state index in [9.17, 15) is 9.90 Å². The minimum absolute atomic E-state index is 0.0360. The number of methoxy groups -OCH3 is 2. The zero-order valence-electron chi connectivity index (χ0n) is 25.4. The van der Waals surface area contributed by atoms with Gasteiger partial charge < -0.3 is 28.8 Å². The molecule has 0 radical (unpaired) electrons. The van der Waals surface area contributed by atoms with Crippen LogP contribution in [-0.2, 0) is 35.8 Å². The Hall–Kier alpha value is -2.07. The minimum Gasteiger partial charge on any atom is -0.497 e. The Labute approximate surface area is 254 Å². The molecule has 41 heavy (non-hydrogen) atoms. The van der Waals surface area contributed by atoms with Gasteiger partial charge in [0.25, 0.3) is 0 Å².